The van der Waals surface area contributed by atoms with Crippen LogP contribution in [0.4, 0.5) is 11.4 Å². The van der Waals surface area contributed by atoms with E-state index in [0.29, 0.717) is 21.4 Å². The quantitative estimate of drug-likeness (QED) is 0.705. The van der Waals surface area contributed by atoms with E-state index in [-0.39, 0.29) is 18.6 Å². The van der Waals surface area contributed by atoms with Crippen molar-refractivity contribution >= 4 is 40.5 Å². The van der Waals surface area contributed by atoms with E-state index in [1.165, 1.54) is 0 Å². The van der Waals surface area contributed by atoms with Gasteiger partial charge in [0.05, 0.1) is 23.4 Å². The van der Waals surface area contributed by atoms with Gasteiger partial charge in [-0.25, -0.2) is 0 Å². The number of amides is 1. The lowest BCUT2D eigenvalue weighted by molar-refractivity contribution is -0.114. The fraction of sp³-hybridized carbons (Fsp3) is 0.278. The van der Waals surface area contributed by atoms with Gasteiger partial charge in [-0.15, -0.1) is 0 Å². The third kappa shape index (κ3) is 5.62. The molecule has 2 aromatic rings. The van der Waals surface area contributed by atoms with Crippen LogP contribution in [0.3, 0.4) is 0 Å². The molecule has 1 amide bonds. The maximum atomic E-state index is 12.0. The van der Waals surface area contributed by atoms with Crippen molar-refractivity contribution in [3.05, 3.63) is 52.5 Å². The van der Waals surface area contributed by atoms with Gasteiger partial charge in [0.2, 0.25) is 5.91 Å². The average Bonchev–Trinajstić information content (AvgIpc) is 2.57. The number of ether oxygens (including phenoxy) is 1. The molecule has 1 unspecified atom stereocenters. The summed E-state index contributed by atoms with van der Waals surface area (Å²) in [5, 5.41) is 6.84. The van der Waals surface area contributed by atoms with Crippen LogP contribution in [0.5, 0.6) is 5.75 Å². The summed E-state index contributed by atoms with van der Waals surface area (Å²) in [6, 6.07) is 12.3. The number of carbonyl (C=O) groups is 1. The van der Waals surface area contributed by atoms with E-state index in [1.807, 2.05) is 31.2 Å². The summed E-state index contributed by atoms with van der Waals surface area (Å²) in [5.41, 5.74) is 1.33. The lowest BCUT2D eigenvalue weighted by Gasteiger charge is -2.13. The highest BCUT2D eigenvalue weighted by Gasteiger charge is 2.06. The Labute approximate surface area is 152 Å². The van der Waals surface area contributed by atoms with Crippen molar-refractivity contribution in [2.45, 2.75) is 26.4 Å². The van der Waals surface area contributed by atoms with Crippen LogP contribution in [0.15, 0.2) is 42.5 Å². The Kier molecular flexibility index (Phi) is 6.76. The van der Waals surface area contributed by atoms with E-state index in [0.717, 1.165) is 12.2 Å². The maximum absolute atomic E-state index is 12.0. The van der Waals surface area contributed by atoms with E-state index in [2.05, 4.69) is 17.6 Å². The topological polar surface area (TPSA) is 50.4 Å². The van der Waals surface area contributed by atoms with E-state index >= 15 is 0 Å². The minimum atomic E-state index is -0.179. The molecule has 0 aliphatic carbocycles. The third-order valence-corrected chi connectivity index (χ3v) is 3.98. The minimum absolute atomic E-state index is 0.0885. The highest BCUT2D eigenvalue weighted by Crippen LogP contribution is 2.25. The summed E-state index contributed by atoms with van der Waals surface area (Å²) in [7, 11) is 0. The molecule has 0 radical (unpaired) electrons. The molecular formula is C18H20Cl2N2O2. The number of rotatable bonds is 7. The van der Waals surface area contributed by atoms with Crippen LogP contribution in [0.25, 0.3) is 0 Å². The highest BCUT2D eigenvalue weighted by atomic mass is 35.5. The van der Waals surface area contributed by atoms with Crippen molar-refractivity contribution in [1.29, 1.82) is 0 Å². The first-order valence-corrected chi connectivity index (χ1v) is 8.49. The zero-order valence-corrected chi connectivity index (χ0v) is 15.1. The predicted octanol–water partition coefficient (Wildman–Crippen LogP) is 5.22. The van der Waals surface area contributed by atoms with Gasteiger partial charge in [0, 0.05) is 10.7 Å². The molecule has 0 spiro atoms. The van der Waals surface area contributed by atoms with Gasteiger partial charge < -0.3 is 15.4 Å². The minimum Gasteiger partial charge on any atom is -0.491 e. The molecule has 0 saturated carbocycles. The fourth-order valence-corrected chi connectivity index (χ4v) is 2.30. The summed E-state index contributed by atoms with van der Waals surface area (Å²) in [4.78, 5) is 12.0. The monoisotopic (exact) mass is 366 g/mol. The molecule has 0 bridgehead atoms. The van der Waals surface area contributed by atoms with Crippen LogP contribution >= 0.6 is 23.2 Å². The molecule has 2 N–H and O–H groups in total. The molecule has 0 saturated heterocycles. The zero-order valence-electron chi connectivity index (χ0n) is 13.6. The zero-order chi connectivity index (χ0) is 17.5. The number of hydrogen-bond donors (Lipinski definition) is 2. The first-order chi connectivity index (χ1) is 11.5. The van der Waals surface area contributed by atoms with Gasteiger partial charge in [-0.05, 0) is 55.8 Å². The summed E-state index contributed by atoms with van der Waals surface area (Å²) in [5.74, 6) is 0.604. The first kappa shape index (κ1) is 18.4. The van der Waals surface area contributed by atoms with Gasteiger partial charge in [-0.1, -0.05) is 30.1 Å². The van der Waals surface area contributed by atoms with Crippen LogP contribution in [0.2, 0.25) is 10.0 Å². The average molecular weight is 367 g/mol. The molecule has 2 rings (SSSR count). The Balaban J connectivity index is 1.87. The van der Waals surface area contributed by atoms with Crippen molar-refractivity contribution in [3.8, 4) is 5.75 Å². The number of anilines is 2. The van der Waals surface area contributed by atoms with Crippen LogP contribution in [-0.4, -0.2) is 18.6 Å². The molecule has 0 aliphatic rings. The van der Waals surface area contributed by atoms with Gasteiger partial charge >= 0.3 is 0 Å². The molecule has 6 heteroatoms. The fourth-order valence-electron chi connectivity index (χ4n) is 1.95. The number of hydrogen-bond acceptors (Lipinski definition) is 3. The Morgan fingerprint density at radius 1 is 1.17 bits per heavy atom. The predicted molar refractivity (Wildman–Crippen MR) is 100 cm³/mol. The normalized spacial score (nSPS) is 11.7. The second kappa shape index (κ2) is 8.81. The Bertz CT molecular complexity index is 690. The molecule has 2 aromatic carbocycles. The van der Waals surface area contributed by atoms with Gasteiger partial charge in [0.25, 0.3) is 0 Å². The molecule has 0 heterocycles. The molecule has 0 aliphatic heterocycles. The SMILES string of the molecule is CCC(C)Oc1ccc(NC(=O)CNc2cc(Cl)ccc2Cl)cc1. The molecule has 0 fully saturated rings. The van der Waals surface area contributed by atoms with E-state index < -0.39 is 0 Å². The van der Waals surface area contributed by atoms with Gasteiger partial charge in [-0.3, -0.25) is 4.79 Å². The highest BCUT2D eigenvalue weighted by molar-refractivity contribution is 6.35. The Morgan fingerprint density at radius 3 is 2.54 bits per heavy atom. The number of carbonyl (C=O) groups excluding carboxylic acids is 1. The van der Waals surface area contributed by atoms with E-state index in [1.54, 1.807) is 18.2 Å². The smallest absolute Gasteiger partial charge is 0.243 e. The lowest BCUT2D eigenvalue weighted by Crippen LogP contribution is -2.21. The molecule has 1 atom stereocenters. The first-order valence-electron chi connectivity index (χ1n) is 7.73. The second-order valence-electron chi connectivity index (χ2n) is 5.39. The number of benzene rings is 2. The van der Waals surface area contributed by atoms with Crippen molar-refractivity contribution in [2.24, 2.45) is 0 Å². The maximum Gasteiger partial charge on any atom is 0.243 e. The van der Waals surface area contributed by atoms with Crippen molar-refractivity contribution < 1.29 is 9.53 Å². The number of nitrogens with one attached hydrogen (secondary N) is 2. The molecule has 128 valence electrons. The summed E-state index contributed by atoms with van der Waals surface area (Å²) < 4.78 is 5.70. The standard InChI is InChI=1S/C18H20Cl2N2O2/c1-3-12(2)24-15-7-5-14(6-8-15)22-18(23)11-21-17-10-13(19)4-9-16(17)20/h4-10,12,21H,3,11H2,1-2H3,(H,22,23). The van der Waals surface area contributed by atoms with E-state index in [9.17, 15) is 4.79 Å². The Hall–Kier alpha value is -1.91. The second-order valence-corrected chi connectivity index (χ2v) is 6.23. The van der Waals surface area contributed by atoms with Crippen molar-refractivity contribution in [2.75, 3.05) is 17.2 Å². The van der Waals surface area contributed by atoms with Gasteiger partial charge in [0.1, 0.15) is 5.75 Å². The molecular weight excluding hydrogens is 347 g/mol. The van der Waals surface area contributed by atoms with Crippen LogP contribution < -0.4 is 15.4 Å². The lowest BCUT2D eigenvalue weighted by atomic mass is 10.2. The molecule has 4 nitrogen and oxygen atoms in total. The molecule has 24 heavy (non-hydrogen) atoms. The third-order valence-electron chi connectivity index (χ3n) is 3.42. The van der Waals surface area contributed by atoms with Crippen LogP contribution in [0.1, 0.15) is 20.3 Å². The van der Waals surface area contributed by atoms with Crippen molar-refractivity contribution in [1.82, 2.24) is 0 Å². The van der Waals surface area contributed by atoms with Crippen molar-refractivity contribution in [3.63, 3.8) is 0 Å². The molecule has 0 aromatic heterocycles. The summed E-state index contributed by atoms with van der Waals surface area (Å²) in [6.07, 6.45) is 1.10. The van der Waals surface area contributed by atoms with Gasteiger partial charge in [0.15, 0.2) is 0 Å². The largest absolute Gasteiger partial charge is 0.491 e. The Morgan fingerprint density at radius 2 is 1.88 bits per heavy atom. The van der Waals surface area contributed by atoms with E-state index in [4.69, 9.17) is 27.9 Å². The van der Waals surface area contributed by atoms with Gasteiger partial charge in [-0.2, -0.15) is 0 Å². The summed E-state index contributed by atoms with van der Waals surface area (Å²) >= 11 is 12.0. The number of halogens is 2. The van der Waals surface area contributed by atoms with Crippen LogP contribution in [-0.2, 0) is 4.79 Å². The van der Waals surface area contributed by atoms with Crippen LogP contribution in [0, 0.1) is 0 Å². The summed E-state index contributed by atoms with van der Waals surface area (Å²) in [6.45, 7) is 4.17.